The van der Waals surface area contributed by atoms with Crippen LogP contribution in [-0.2, 0) is 14.8 Å². The Morgan fingerprint density at radius 3 is 2.31 bits per heavy atom. The maximum atomic E-state index is 14.0. The van der Waals surface area contributed by atoms with Crippen LogP contribution < -0.4 is 4.72 Å². The van der Waals surface area contributed by atoms with Gasteiger partial charge in [-0.3, -0.25) is 9.69 Å². The fraction of sp³-hybridized carbons (Fsp3) is 0.650. The van der Waals surface area contributed by atoms with Crippen molar-refractivity contribution in [2.24, 2.45) is 5.92 Å². The number of sulfonamides is 1. The van der Waals surface area contributed by atoms with E-state index in [2.05, 4.69) is 23.5 Å². The van der Waals surface area contributed by atoms with Gasteiger partial charge in [0.25, 0.3) is 0 Å². The highest BCUT2D eigenvalue weighted by Gasteiger charge is 2.33. The highest BCUT2D eigenvalue weighted by atomic mass is 35.5. The molecular formula is C20H29ClFN3O3S. The molecular weight excluding hydrogens is 417 g/mol. The van der Waals surface area contributed by atoms with E-state index in [1.807, 2.05) is 4.90 Å². The Morgan fingerprint density at radius 1 is 1.14 bits per heavy atom. The van der Waals surface area contributed by atoms with E-state index in [-0.39, 0.29) is 22.9 Å². The fourth-order valence-electron chi connectivity index (χ4n) is 4.15. The van der Waals surface area contributed by atoms with Crippen LogP contribution in [0.2, 0.25) is 5.02 Å². The maximum absolute atomic E-state index is 14.0. The summed E-state index contributed by atoms with van der Waals surface area (Å²) in [6.07, 6.45) is 2.41. The van der Waals surface area contributed by atoms with Gasteiger partial charge in [-0.25, -0.2) is 17.5 Å². The van der Waals surface area contributed by atoms with Crippen LogP contribution in [0.3, 0.4) is 0 Å². The molecule has 2 fully saturated rings. The van der Waals surface area contributed by atoms with E-state index in [0.717, 1.165) is 32.2 Å². The minimum atomic E-state index is -3.96. The van der Waals surface area contributed by atoms with Crippen molar-refractivity contribution >= 4 is 27.5 Å². The van der Waals surface area contributed by atoms with Crippen LogP contribution >= 0.6 is 11.6 Å². The Morgan fingerprint density at radius 2 is 1.76 bits per heavy atom. The molecule has 3 rings (SSSR count). The summed E-state index contributed by atoms with van der Waals surface area (Å²) in [6, 6.07) is 3.71. The molecule has 0 unspecified atom stereocenters. The van der Waals surface area contributed by atoms with Gasteiger partial charge < -0.3 is 4.90 Å². The van der Waals surface area contributed by atoms with Crippen LogP contribution in [-0.4, -0.2) is 62.4 Å². The lowest BCUT2D eigenvalue weighted by atomic mass is 9.85. The van der Waals surface area contributed by atoms with Crippen molar-refractivity contribution in [3.63, 3.8) is 0 Å². The summed E-state index contributed by atoms with van der Waals surface area (Å²) < 4.78 is 41.6. The van der Waals surface area contributed by atoms with Crippen molar-refractivity contribution in [2.45, 2.75) is 56.5 Å². The van der Waals surface area contributed by atoms with E-state index in [0.29, 0.717) is 31.7 Å². The zero-order valence-corrected chi connectivity index (χ0v) is 18.5. The number of nitrogens with zero attached hydrogens (tertiary/aromatic N) is 2. The third-order valence-electron chi connectivity index (χ3n) is 5.94. The molecule has 0 bridgehead atoms. The van der Waals surface area contributed by atoms with Gasteiger partial charge in [-0.1, -0.05) is 11.6 Å². The van der Waals surface area contributed by atoms with Gasteiger partial charge in [0.15, 0.2) is 0 Å². The second-order valence-electron chi connectivity index (χ2n) is 8.20. The smallest absolute Gasteiger partial charge is 0.243 e. The number of amides is 1. The number of rotatable bonds is 5. The van der Waals surface area contributed by atoms with E-state index in [1.54, 1.807) is 0 Å². The summed E-state index contributed by atoms with van der Waals surface area (Å²) in [6.45, 7) is 7.61. The van der Waals surface area contributed by atoms with Crippen LogP contribution in [0.25, 0.3) is 0 Å². The molecule has 0 aromatic heterocycles. The summed E-state index contributed by atoms with van der Waals surface area (Å²) in [5, 5.41) is 0.148. The number of benzene rings is 1. The van der Waals surface area contributed by atoms with Gasteiger partial charge in [-0.05, 0) is 57.7 Å². The average molecular weight is 446 g/mol. The van der Waals surface area contributed by atoms with Crippen LogP contribution in [0.1, 0.15) is 39.5 Å². The van der Waals surface area contributed by atoms with Crippen LogP contribution in [0.15, 0.2) is 23.1 Å². The molecule has 0 atom stereocenters. The Bertz CT molecular complexity index is 833. The first-order valence-electron chi connectivity index (χ1n) is 10.2. The molecule has 1 aromatic carbocycles. The minimum Gasteiger partial charge on any atom is -0.340 e. The molecule has 1 aliphatic heterocycles. The lowest BCUT2D eigenvalue weighted by Crippen LogP contribution is -2.52. The van der Waals surface area contributed by atoms with E-state index in [1.165, 1.54) is 12.1 Å². The van der Waals surface area contributed by atoms with E-state index in [4.69, 9.17) is 11.6 Å². The number of carbonyl (C=O) groups excluding carboxylic acids is 1. The normalized spacial score (nSPS) is 24.1. The van der Waals surface area contributed by atoms with Crippen molar-refractivity contribution in [3.8, 4) is 0 Å². The van der Waals surface area contributed by atoms with Crippen molar-refractivity contribution in [2.75, 3.05) is 26.2 Å². The summed E-state index contributed by atoms with van der Waals surface area (Å²) in [5.74, 6) is -0.749. The standard InChI is InChI=1S/C20H29ClFN3O3S/c1-14(2)24-9-11-25(12-10-24)20(26)15-3-6-17(7-4-15)23-29(27,28)19-8-5-16(21)13-18(19)22/h5,8,13-15,17,23H,3-4,6-7,9-12H2,1-2H3/t15-,17-. The number of hydrogen-bond acceptors (Lipinski definition) is 4. The number of nitrogens with one attached hydrogen (secondary N) is 1. The number of hydrogen-bond donors (Lipinski definition) is 1. The minimum absolute atomic E-state index is 0.0615. The van der Waals surface area contributed by atoms with Crippen LogP contribution in [0.4, 0.5) is 4.39 Å². The first-order valence-corrected chi connectivity index (χ1v) is 12.0. The molecule has 0 spiro atoms. The van der Waals surface area contributed by atoms with Gasteiger partial charge >= 0.3 is 0 Å². The maximum Gasteiger partial charge on any atom is 0.243 e. The third-order valence-corrected chi connectivity index (χ3v) is 7.73. The molecule has 1 N–H and O–H groups in total. The Hall–Kier alpha value is -1.22. The Kier molecular flexibility index (Phi) is 7.19. The number of carbonyl (C=O) groups is 1. The molecule has 1 heterocycles. The SMILES string of the molecule is CC(C)N1CCN(C(=O)[C@H]2CC[C@H](NS(=O)(=O)c3ccc(Cl)cc3F)CC2)CC1. The lowest BCUT2D eigenvalue weighted by Gasteiger charge is -2.39. The predicted molar refractivity (Wildman–Crippen MR) is 111 cm³/mol. The topological polar surface area (TPSA) is 69.7 Å². The van der Waals surface area contributed by atoms with Crippen molar-refractivity contribution in [3.05, 3.63) is 29.0 Å². The van der Waals surface area contributed by atoms with Crippen LogP contribution in [0.5, 0.6) is 0 Å². The zero-order chi connectivity index (χ0) is 21.2. The molecule has 0 radical (unpaired) electrons. The summed E-state index contributed by atoms with van der Waals surface area (Å²) in [7, 11) is -3.96. The Labute approximate surface area is 177 Å². The quantitative estimate of drug-likeness (QED) is 0.756. The van der Waals surface area contributed by atoms with Gasteiger partial charge in [-0.2, -0.15) is 0 Å². The van der Waals surface area contributed by atoms with Crippen LogP contribution in [0, 0.1) is 11.7 Å². The molecule has 1 amide bonds. The predicted octanol–water partition coefficient (Wildman–Crippen LogP) is 2.87. The molecule has 6 nitrogen and oxygen atoms in total. The summed E-state index contributed by atoms with van der Waals surface area (Å²) in [4.78, 5) is 16.7. The van der Waals surface area contributed by atoms with Gasteiger partial charge in [-0.15, -0.1) is 0 Å². The highest BCUT2D eigenvalue weighted by molar-refractivity contribution is 7.89. The van der Waals surface area contributed by atoms with Crippen molar-refractivity contribution in [1.82, 2.24) is 14.5 Å². The average Bonchev–Trinajstić information content (AvgIpc) is 2.67. The largest absolute Gasteiger partial charge is 0.340 e. The molecule has 29 heavy (non-hydrogen) atoms. The zero-order valence-electron chi connectivity index (χ0n) is 16.9. The lowest BCUT2D eigenvalue weighted by molar-refractivity contribution is -0.138. The van der Waals surface area contributed by atoms with Gasteiger partial charge in [0.05, 0.1) is 0 Å². The van der Waals surface area contributed by atoms with E-state index in [9.17, 15) is 17.6 Å². The van der Waals surface area contributed by atoms with Gasteiger partial charge in [0.1, 0.15) is 10.7 Å². The van der Waals surface area contributed by atoms with E-state index >= 15 is 0 Å². The molecule has 1 aromatic rings. The molecule has 1 saturated heterocycles. The highest BCUT2D eigenvalue weighted by Crippen LogP contribution is 2.28. The number of piperazine rings is 1. The summed E-state index contributed by atoms with van der Waals surface area (Å²) >= 11 is 5.70. The van der Waals surface area contributed by atoms with Crippen molar-refractivity contribution in [1.29, 1.82) is 0 Å². The van der Waals surface area contributed by atoms with Crippen molar-refractivity contribution < 1.29 is 17.6 Å². The number of halogens is 2. The molecule has 1 saturated carbocycles. The molecule has 162 valence electrons. The second-order valence-corrected chi connectivity index (χ2v) is 10.3. The monoisotopic (exact) mass is 445 g/mol. The fourth-order valence-corrected chi connectivity index (χ4v) is 5.67. The first kappa shape index (κ1) is 22.5. The third kappa shape index (κ3) is 5.48. The summed E-state index contributed by atoms with van der Waals surface area (Å²) in [5.41, 5.74) is 0. The second kappa shape index (κ2) is 9.29. The molecule has 1 aliphatic carbocycles. The van der Waals surface area contributed by atoms with Gasteiger partial charge in [0, 0.05) is 49.2 Å². The molecule has 2 aliphatic rings. The first-order chi connectivity index (χ1) is 13.7. The molecule has 9 heteroatoms. The Balaban J connectivity index is 1.52. The van der Waals surface area contributed by atoms with Gasteiger partial charge in [0.2, 0.25) is 15.9 Å². The van der Waals surface area contributed by atoms with E-state index < -0.39 is 20.7 Å².